The van der Waals surface area contributed by atoms with Crippen LogP contribution in [0.15, 0.2) is 109 Å². The summed E-state index contributed by atoms with van der Waals surface area (Å²) >= 11 is 1.16. The van der Waals surface area contributed by atoms with Crippen LogP contribution in [0.4, 0.5) is 15.3 Å². The van der Waals surface area contributed by atoms with Gasteiger partial charge < -0.3 is 34.9 Å². The molecular formula is C40H37N5O12S. The molecule has 2 saturated heterocycles. The Morgan fingerprint density at radius 2 is 1.40 bits per heavy atom. The van der Waals surface area contributed by atoms with Gasteiger partial charge in [-0.1, -0.05) is 72.8 Å². The highest BCUT2D eigenvalue weighted by atomic mass is 32.2. The van der Waals surface area contributed by atoms with Crippen LogP contribution >= 0.6 is 11.8 Å². The molecule has 1 unspecified atom stereocenters. The van der Waals surface area contributed by atoms with Gasteiger partial charge in [0.1, 0.15) is 43.0 Å². The van der Waals surface area contributed by atoms with Crippen LogP contribution in [-0.2, 0) is 53.2 Å². The number of hydrogen-bond acceptors (Lipinski definition) is 13. The van der Waals surface area contributed by atoms with Gasteiger partial charge in [-0.25, -0.2) is 14.4 Å². The number of alkyl carbamates (subject to hydrolysis) is 1. The number of nitrogens with zero attached hydrogens (tertiary/aromatic N) is 2. The first-order valence-corrected chi connectivity index (χ1v) is 18.6. The van der Waals surface area contributed by atoms with Crippen LogP contribution in [0.2, 0.25) is 0 Å². The molecule has 300 valence electrons. The summed E-state index contributed by atoms with van der Waals surface area (Å²) in [6.45, 7) is 2.87. The van der Waals surface area contributed by atoms with Crippen molar-refractivity contribution in [1.29, 1.82) is 0 Å². The Morgan fingerprint density at radius 3 is 1.98 bits per heavy atom. The number of amides is 4. The van der Waals surface area contributed by atoms with Gasteiger partial charge in [0, 0.05) is 12.1 Å². The maximum absolute atomic E-state index is 14.0. The number of thioether (sulfide) groups is 1. The molecule has 6 rings (SSSR count). The maximum Gasteiger partial charge on any atom is 0.514 e. The lowest BCUT2D eigenvalue weighted by molar-refractivity contribution is -0.384. The van der Waals surface area contributed by atoms with Crippen LogP contribution in [0.1, 0.15) is 42.1 Å². The first kappa shape index (κ1) is 40.7. The summed E-state index contributed by atoms with van der Waals surface area (Å²) in [5.74, 6) is -2.34. The van der Waals surface area contributed by atoms with E-state index in [9.17, 15) is 38.9 Å². The summed E-state index contributed by atoms with van der Waals surface area (Å²) in [6.07, 6.45) is -1.71. The molecule has 2 aliphatic heterocycles. The Kier molecular flexibility index (Phi) is 12.3. The lowest BCUT2D eigenvalue weighted by Gasteiger charge is -2.49. The quantitative estimate of drug-likeness (QED) is 0.0284. The van der Waals surface area contributed by atoms with Crippen LogP contribution in [0, 0.1) is 10.1 Å². The van der Waals surface area contributed by atoms with E-state index >= 15 is 0 Å². The number of carbonyl (C=O) groups excluding carboxylic acids is 6. The number of fused-ring (bicyclic) bond motifs is 1. The van der Waals surface area contributed by atoms with Gasteiger partial charge in [-0.05, 0) is 60.4 Å². The summed E-state index contributed by atoms with van der Waals surface area (Å²) < 4.78 is 20.2. The number of nitrogens with one attached hydrogen (secondary N) is 3. The Hall–Kier alpha value is -6.95. The third kappa shape index (κ3) is 8.71. The molecule has 3 N–H and O–H groups in total. The van der Waals surface area contributed by atoms with Gasteiger partial charge in [0.15, 0.2) is 0 Å². The number of nitro groups is 1. The third-order valence-electron chi connectivity index (χ3n) is 9.42. The average Bonchev–Trinajstić information content (AvgIpc) is 3.44. The molecule has 58 heavy (non-hydrogen) atoms. The van der Waals surface area contributed by atoms with E-state index < -0.39 is 62.8 Å². The van der Waals surface area contributed by atoms with Gasteiger partial charge in [0.2, 0.25) is 18.0 Å². The first-order valence-electron chi connectivity index (χ1n) is 17.7. The number of benzene rings is 4. The van der Waals surface area contributed by atoms with E-state index in [1.807, 2.05) is 6.07 Å². The van der Waals surface area contributed by atoms with Gasteiger partial charge in [-0.15, -0.1) is 11.8 Å². The van der Waals surface area contributed by atoms with Crippen molar-refractivity contribution in [1.82, 2.24) is 20.9 Å². The highest BCUT2D eigenvalue weighted by Crippen LogP contribution is 2.56. The summed E-state index contributed by atoms with van der Waals surface area (Å²) in [6, 6.07) is 26.0. The summed E-state index contributed by atoms with van der Waals surface area (Å²) in [4.78, 5) is 90.6. The van der Waals surface area contributed by atoms with Crippen LogP contribution in [0.25, 0.3) is 0 Å². The van der Waals surface area contributed by atoms with Gasteiger partial charge in [-0.3, -0.25) is 29.4 Å². The van der Waals surface area contributed by atoms with Gasteiger partial charge in [-0.2, -0.15) is 0 Å². The number of β-lactam (4-membered cyclic amide) rings is 1. The van der Waals surface area contributed by atoms with Crippen LogP contribution in [0.3, 0.4) is 0 Å². The summed E-state index contributed by atoms with van der Waals surface area (Å²) in [5.41, 5.74) is -0.0225. The Morgan fingerprint density at radius 1 is 0.828 bits per heavy atom. The number of ether oxygens (including phenoxy) is 4. The van der Waals surface area contributed by atoms with Crippen molar-refractivity contribution in [3.8, 4) is 5.75 Å². The molecule has 2 heterocycles. The molecule has 0 saturated carbocycles. The number of non-ortho nitro benzene ring substituents is 1. The van der Waals surface area contributed by atoms with Crippen molar-refractivity contribution in [3.05, 3.63) is 142 Å². The van der Waals surface area contributed by atoms with E-state index in [-0.39, 0.29) is 36.8 Å². The van der Waals surface area contributed by atoms with E-state index in [0.717, 1.165) is 17.3 Å². The Bertz CT molecular complexity index is 2170. The molecule has 4 atom stereocenters. The van der Waals surface area contributed by atoms with Crippen molar-refractivity contribution >= 4 is 53.9 Å². The number of nitro benzene ring substituents is 1. The van der Waals surface area contributed by atoms with Crippen LogP contribution in [0.5, 0.6) is 5.75 Å². The fourth-order valence-corrected chi connectivity index (χ4v) is 8.14. The molecule has 2 fully saturated rings. The highest BCUT2D eigenvalue weighted by Gasteiger charge is 2.74. The molecule has 0 aliphatic carbocycles. The van der Waals surface area contributed by atoms with Crippen molar-refractivity contribution in [2.75, 3.05) is 0 Å². The number of carbonyl (C=O) groups is 6. The molecule has 0 spiro atoms. The minimum Gasteiger partial charge on any atom is -0.458 e. The van der Waals surface area contributed by atoms with Crippen molar-refractivity contribution in [2.24, 2.45) is 0 Å². The Balaban J connectivity index is 1.17. The monoisotopic (exact) mass is 811 g/mol. The molecule has 4 amide bonds. The first-order chi connectivity index (χ1) is 27.8. The zero-order valence-corrected chi connectivity index (χ0v) is 31.8. The zero-order chi connectivity index (χ0) is 41.5. The minimum atomic E-state index is -1.92. The lowest BCUT2D eigenvalue weighted by atomic mass is 9.88. The molecule has 2 aliphatic rings. The molecule has 4 aromatic rings. The van der Waals surface area contributed by atoms with E-state index in [1.54, 1.807) is 68.4 Å². The van der Waals surface area contributed by atoms with Crippen LogP contribution < -0.4 is 20.7 Å². The number of esters is 1. The van der Waals surface area contributed by atoms with E-state index in [4.69, 9.17) is 18.9 Å². The average molecular weight is 812 g/mol. The lowest BCUT2D eigenvalue weighted by Crippen LogP contribution is -2.80. The minimum absolute atomic E-state index is 0.0269. The number of rotatable bonds is 15. The largest absolute Gasteiger partial charge is 0.514 e. The molecule has 17 nitrogen and oxygen atoms in total. The molecule has 4 aromatic carbocycles. The fraction of sp³-hybridized carbons (Fsp3) is 0.250. The van der Waals surface area contributed by atoms with Crippen molar-refractivity contribution in [3.63, 3.8) is 0 Å². The second kappa shape index (κ2) is 17.5. The second-order valence-electron chi connectivity index (χ2n) is 13.5. The van der Waals surface area contributed by atoms with Crippen LogP contribution in [-0.4, -0.2) is 68.1 Å². The maximum atomic E-state index is 14.0. The Labute approximate surface area is 335 Å². The summed E-state index contributed by atoms with van der Waals surface area (Å²) in [7, 11) is 0. The van der Waals surface area contributed by atoms with E-state index in [1.165, 1.54) is 53.4 Å². The molecule has 18 heteroatoms. The van der Waals surface area contributed by atoms with Gasteiger partial charge in [0.25, 0.3) is 11.6 Å². The van der Waals surface area contributed by atoms with Crippen molar-refractivity contribution in [2.45, 2.75) is 61.5 Å². The van der Waals surface area contributed by atoms with E-state index in [2.05, 4.69) is 16.0 Å². The predicted molar refractivity (Wildman–Crippen MR) is 205 cm³/mol. The standard InChI is InChI=1S/C40H37N5O12S/c1-39(2)40(41-24-46,36(49)54-21-25-9-5-3-6-10-25)44-34(48)32(35(44)58-39)42-33(47)31(43-37(50)55-22-27-13-17-29(18-14-27)45(52)53)28-15-19-30(20-16-28)57-38(51)56-23-26-11-7-4-8-12-26/h3-20,24,31-32,35H,21-23H2,1-2H3,(H,41,46)(H,42,47)(H,43,50)/t31?,32-,35+,40-/m0/s1. The third-order valence-corrected chi connectivity index (χ3v) is 11.0. The molecular weight excluding hydrogens is 775 g/mol. The second-order valence-corrected chi connectivity index (χ2v) is 15.3. The fourth-order valence-electron chi connectivity index (χ4n) is 6.44. The molecule has 0 aromatic heterocycles. The molecule has 0 radical (unpaired) electrons. The topological polar surface area (TPSA) is 222 Å². The number of hydrogen-bond donors (Lipinski definition) is 3. The molecule has 0 bridgehead atoms. The normalized spacial score (nSPS) is 19.3. The summed E-state index contributed by atoms with van der Waals surface area (Å²) in [5, 5.41) is 17.9. The van der Waals surface area contributed by atoms with Crippen molar-refractivity contribution < 1.29 is 52.6 Å². The van der Waals surface area contributed by atoms with Gasteiger partial charge in [0.05, 0.1) is 9.67 Å². The SMILES string of the molecule is CC1(C)S[C@@H]2[C@@H](NC(=O)C(NC(=O)OCc3ccc([N+](=O)[O-])cc3)c3ccc(OC(=O)OCc4ccccc4)cc3)C(=O)N2[C@@]1(NC=O)C(=O)OCc1ccccc1. The smallest absolute Gasteiger partial charge is 0.458 e. The highest BCUT2D eigenvalue weighted by molar-refractivity contribution is 8.01. The predicted octanol–water partition coefficient (Wildman–Crippen LogP) is 4.64. The van der Waals surface area contributed by atoms with E-state index in [0.29, 0.717) is 17.5 Å². The zero-order valence-electron chi connectivity index (χ0n) is 31.0. The van der Waals surface area contributed by atoms with Gasteiger partial charge >= 0.3 is 18.2 Å².